The minimum absolute atomic E-state index is 0.0105. The molecule has 0 radical (unpaired) electrons. The number of rotatable bonds is 8. The number of carbonyl (C=O) groups excluding carboxylic acids is 1. The van der Waals surface area contributed by atoms with Gasteiger partial charge in [0.2, 0.25) is 0 Å². The van der Waals surface area contributed by atoms with Crippen LogP contribution in [0.4, 0.5) is 5.69 Å². The van der Waals surface area contributed by atoms with Gasteiger partial charge in [0.1, 0.15) is 11.5 Å². The molecule has 0 saturated heterocycles. The Morgan fingerprint density at radius 3 is 2.17 bits per heavy atom. The highest BCUT2D eigenvalue weighted by Crippen LogP contribution is 2.35. The first-order chi connectivity index (χ1) is 14.3. The lowest BCUT2D eigenvalue weighted by atomic mass is 10.2. The van der Waals surface area contributed by atoms with Gasteiger partial charge in [0.05, 0.1) is 24.8 Å². The second kappa shape index (κ2) is 8.87. The van der Waals surface area contributed by atoms with Crippen molar-refractivity contribution in [3.05, 3.63) is 72.3 Å². The number of nitrogens with one attached hydrogen (secondary N) is 1. The highest BCUT2D eigenvalue weighted by molar-refractivity contribution is 7.92. The van der Waals surface area contributed by atoms with Crippen molar-refractivity contribution < 1.29 is 27.4 Å². The molecule has 0 heterocycles. The average Bonchev–Trinajstić information content (AvgIpc) is 2.74. The summed E-state index contributed by atoms with van der Waals surface area (Å²) >= 11 is 0. The molecule has 0 unspecified atom stereocenters. The Hall–Kier alpha value is -3.52. The van der Waals surface area contributed by atoms with Crippen LogP contribution < -0.4 is 18.9 Å². The topological polar surface area (TPSA) is 90.9 Å². The third-order valence-corrected chi connectivity index (χ3v) is 5.63. The molecule has 0 amide bonds. The molecule has 3 aromatic rings. The molecule has 30 heavy (non-hydrogen) atoms. The van der Waals surface area contributed by atoms with E-state index in [9.17, 15) is 13.2 Å². The molecule has 3 aromatic carbocycles. The predicted molar refractivity (Wildman–Crippen MR) is 113 cm³/mol. The van der Waals surface area contributed by atoms with E-state index in [0.29, 0.717) is 28.6 Å². The van der Waals surface area contributed by atoms with Crippen LogP contribution in [0.3, 0.4) is 0 Å². The van der Waals surface area contributed by atoms with Gasteiger partial charge in [0.25, 0.3) is 10.0 Å². The molecular weight excluding hydrogens is 406 g/mol. The third kappa shape index (κ3) is 4.90. The fourth-order valence-electron chi connectivity index (χ4n) is 2.69. The van der Waals surface area contributed by atoms with E-state index in [4.69, 9.17) is 14.2 Å². The molecule has 0 aliphatic rings. The fourth-order valence-corrected chi connectivity index (χ4v) is 3.78. The standard InChI is InChI=1S/C22H21NO6S/c1-15(24)16-5-4-6-20(13-16)30(25,26)23-17-7-12-21(28-3)22(14-17)29-19-10-8-18(27-2)9-11-19/h4-14,23H,1-3H3. The number of carbonyl (C=O) groups is 1. The maximum atomic E-state index is 12.8. The van der Waals surface area contributed by atoms with Crippen molar-refractivity contribution >= 4 is 21.5 Å². The van der Waals surface area contributed by atoms with Crippen molar-refractivity contribution in [2.75, 3.05) is 18.9 Å². The lowest BCUT2D eigenvalue weighted by Crippen LogP contribution is -2.13. The Labute approximate surface area is 175 Å². The Kier molecular flexibility index (Phi) is 6.27. The Bertz CT molecular complexity index is 1160. The van der Waals surface area contributed by atoms with Crippen LogP contribution >= 0.6 is 0 Å². The molecular formula is C22H21NO6S. The first-order valence-corrected chi connectivity index (χ1v) is 10.4. The van der Waals surface area contributed by atoms with Crippen molar-refractivity contribution in [2.45, 2.75) is 11.8 Å². The van der Waals surface area contributed by atoms with Gasteiger partial charge < -0.3 is 14.2 Å². The van der Waals surface area contributed by atoms with Gasteiger partial charge in [-0.05, 0) is 55.5 Å². The van der Waals surface area contributed by atoms with Crippen molar-refractivity contribution in [1.29, 1.82) is 0 Å². The van der Waals surface area contributed by atoms with E-state index >= 15 is 0 Å². The molecule has 1 N–H and O–H groups in total. The number of benzene rings is 3. The number of hydrogen-bond donors (Lipinski definition) is 1. The smallest absolute Gasteiger partial charge is 0.261 e. The molecule has 156 valence electrons. The van der Waals surface area contributed by atoms with Crippen molar-refractivity contribution in [3.8, 4) is 23.0 Å². The van der Waals surface area contributed by atoms with E-state index in [2.05, 4.69) is 4.72 Å². The molecule has 0 aromatic heterocycles. The van der Waals surface area contributed by atoms with E-state index in [-0.39, 0.29) is 16.4 Å². The fraction of sp³-hybridized carbons (Fsp3) is 0.136. The zero-order valence-electron chi connectivity index (χ0n) is 16.7. The lowest BCUT2D eigenvalue weighted by Gasteiger charge is -2.14. The summed E-state index contributed by atoms with van der Waals surface area (Å²) in [6, 6.07) is 17.5. The molecule has 0 fully saturated rings. The van der Waals surface area contributed by atoms with Crippen LogP contribution in [0.5, 0.6) is 23.0 Å². The summed E-state index contributed by atoms with van der Waals surface area (Å²) in [6.07, 6.45) is 0. The SMILES string of the molecule is COc1ccc(Oc2cc(NS(=O)(=O)c3cccc(C(C)=O)c3)ccc2OC)cc1. The highest BCUT2D eigenvalue weighted by Gasteiger charge is 2.17. The Morgan fingerprint density at radius 1 is 0.833 bits per heavy atom. The highest BCUT2D eigenvalue weighted by atomic mass is 32.2. The van der Waals surface area contributed by atoms with Gasteiger partial charge in [-0.2, -0.15) is 0 Å². The van der Waals surface area contributed by atoms with Crippen molar-refractivity contribution in [2.24, 2.45) is 0 Å². The van der Waals surface area contributed by atoms with Gasteiger partial charge in [-0.1, -0.05) is 12.1 Å². The van der Waals surface area contributed by atoms with Gasteiger partial charge in [-0.15, -0.1) is 0 Å². The minimum Gasteiger partial charge on any atom is -0.497 e. The molecule has 0 bridgehead atoms. The summed E-state index contributed by atoms with van der Waals surface area (Å²) < 4.78 is 44.3. The first-order valence-electron chi connectivity index (χ1n) is 8.96. The number of hydrogen-bond acceptors (Lipinski definition) is 6. The van der Waals surface area contributed by atoms with Crippen LogP contribution in [0.1, 0.15) is 17.3 Å². The molecule has 0 spiro atoms. The van der Waals surface area contributed by atoms with Crippen LogP contribution in [0, 0.1) is 0 Å². The van der Waals surface area contributed by atoms with E-state index in [0.717, 1.165) is 0 Å². The quantitative estimate of drug-likeness (QED) is 0.532. The van der Waals surface area contributed by atoms with Gasteiger partial charge in [-0.3, -0.25) is 9.52 Å². The number of ether oxygens (including phenoxy) is 3. The molecule has 0 aliphatic carbocycles. The van der Waals surface area contributed by atoms with Gasteiger partial charge in [0.15, 0.2) is 17.3 Å². The van der Waals surface area contributed by atoms with E-state index in [1.54, 1.807) is 49.6 Å². The molecule has 7 nitrogen and oxygen atoms in total. The van der Waals surface area contributed by atoms with Crippen LogP contribution in [0.15, 0.2) is 71.6 Å². The van der Waals surface area contributed by atoms with Crippen LogP contribution in [0.25, 0.3) is 0 Å². The van der Waals surface area contributed by atoms with E-state index < -0.39 is 10.0 Å². The second-order valence-corrected chi connectivity index (χ2v) is 8.02. The molecule has 0 aliphatic heterocycles. The van der Waals surface area contributed by atoms with Gasteiger partial charge in [0, 0.05) is 11.6 Å². The number of sulfonamides is 1. The first kappa shape index (κ1) is 21.2. The van der Waals surface area contributed by atoms with Gasteiger partial charge >= 0.3 is 0 Å². The zero-order chi connectivity index (χ0) is 21.7. The van der Waals surface area contributed by atoms with Gasteiger partial charge in [-0.25, -0.2) is 8.42 Å². The lowest BCUT2D eigenvalue weighted by molar-refractivity contribution is 0.101. The number of Topliss-reactive ketones (excluding diaryl/α,β-unsaturated/α-hetero) is 1. The van der Waals surface area contributed by atoms with Crippen LogP contribution in [0.2, 0.25) is 0 Å². The maximum Gasteiger partial charge on any atom is 0.261 e. The minimum atomic E-state index is -3.90. The molecule has 0 saturated carbocycles. The number of anilines is 1. The predicted octanol–water partition coefficient (Wildman–Crippen LogP) is 4.50. The maximum absolute atomic E-state index is 12.8. The summed E-state index contributed by atoms with van der Waals surface area (Å²) in [7, 11) is -0.839. The van der Waals surface area contributed by atoms with E-state index in [1.807, 2.05) is 0 Å². The van der Waals surface area contributed by atoms with Crippen LogP contribution in [-0.2, 0) is 10.0 Å². The molecule has 0 atom stereocenters. The normalized spacial score (nSPS) is 10.9. The monoisotopic (exact) mass is 427 g/mol. The summed E-state index contributed by atoms with van der Waals surface area (Å²) in [5.41, 5.74) is 0.601. The Morgan fingerprint density at radius 2 is 1.53 bits per heavy atom. The van der Waals surface area contributed by atoms with Crippen LogP contribution in [-0.4, -0.2) is 28.4 Å². The van der Waals surface area contributed by atoms with Crippen molar-refractivity contribution in [1.82, 2.24) is 0 Å². The third-order valence-electron chi connectivity index (χ3n) is 4.25. The molecule has 3 rings (SSSR count). The van der Waals surface area contributed by atoms with E-state index in [1.165, 1.54) is 38.3 Å². The summed E-state index contributed by atoms with van der Waals surface area (Å²) in [4.78, 5) is 11.5. The summed E-state index contributed by atoms with van der Waals surface area (Å²) in [5.74, 6) is 1.77. The average molecular weight is 427 g/mol. The molecule has 8 heteroatoms. The largest absolute Gasteiger partial charge is 0.497 e. The Balaban J connectivity index is 1.88. The second-order valence-electron chi connectivity index (χ2n) is 6.33. The summed E-state index contributed by atoms with van der Waals surface area (Å²) in [6.45, 7) is 1.38. The number of ketones is 1. The zero-order valence-corrected chi connectivity index (χ0v) is 17.5. The summed E-state index contributed by atoms with van der Waals surface area (Å²) in [5, 5.41) is 0. The number of methoxy groups -OCH3 is 2. The van der Waals surface area contributed by atoms with Crippen molar-refractivity contribution in [3.63, 3.8) is 0 Å².